The lowest BCUT2D eigenvalue weighted by Crippen LogP contribution is -2.29. The molecule has 2 fully saturated rings. The molecule has 0 spiro atoms. The fourth-order valence-corrected chi connectivity index (χ4v) is 4.12. The summed E-state index contributed by atoms with van der Waals surface area (Å²) in [6.45, 7) is 1.85. The number of hydrogen-bond acceptors (Lipinski definition) is 1. The third kappa shape index (κ3) is 2.30. The molecular formula is C14H15BrClNO. The third-order valence-electron chi connectivity index (χ3n) is 4.12. The molecule has 1 aliphatic heterocycles. The summed E-state index contributed by atoms with van der Waals surface area (Å²) in [5, 5.41) is 0.604. The molecule has 2 atom stereocenters. The molecule has 1 aromatic rings. The van der Waals surface area contributed by atoms with Crippen molar-refractivity contribution in [3.63, 3.8) is 0 Å². The molecule has 3 rings (SSSR count). The molecule has 4 heteroatoms. The maximum absolute atomic E-state index is 12.4. The van der Waals surface area contributed by atoms with Crippen LogP contribution in [0.25, 0.3) is 0 Å². The minimum Gasteiger partial charge on any atom is -0.338 e. The van der Waals surface area contributed by atoms with Gasteiger partial charge in [-0.15, -0.1) is 0 Å². The first-order chi connectivity index (χ1) is 8.63. The van der Waals surface area contributed by atoms with Gasteiger partial charge in [0.25, 0.3) is 5.91 Å². The lowest BCUT2D eigenvalue weighted by molar-refractivity contribution is 0.0780. The highest BCUT2D eigenvalue weighted by Crippen LogP contribution is 2.38. The van der Waals surface area contributed by atoms with Crippen molar-refractivity contribution in [1.29, 1.82) is 0 Å². The molecule has 0 bridgehead atoms. The predicted octanol–water partition coefficient (Wildman–Crippen LogP) is 3.97. The highest BCUT2D eigenvalue weighted by atomic mass is 79.9. The summed E-state index contributed by atoms with van der Waals surface area (Å²) in [5.41, 5.74) is 0.689. The van der Waals surface area contributed by atoms with E-state index in [4.69, 9.17) is 11.6 Å². The van der Waals surface area contributed by atoms with E-state index < -0.39 is 0 Å². The van der Waals surface area contributed by atoms with Gasteiger partial charge in [0.1, 0.15) is 0 Å². The summed E-state index contributed by atoms with van der Waals surface area (Å²) in [7, 11) is 0. The number of nitrogens with zero attached hydrogens (tertiary/aromatic N) is 1. The second-order valence-corrected chi connectivity index (χ2v) is 6.67. The molecule has 0 N–H and O–H groups in total. The minimum atomic E-state index is 0.118. The molecule has 0 aromatic heterocycles. The summed E-state index contributed by atoms with van der Waals surface area (Å²) in [6, 6.07) is 5.40. The highest BCUT2D eigenvalue weighted by Gasteiger charge is 2.38. The lowest BCUT2D eigenvalue weighted by Gasteiger charge is -2.17. The van der Waals surface area contributed by atoms with Gasteiger partial charge in [-0.3, -0.25) is 4.79 Å². The number of likely N-dealkylation sites (tertiary alicyclic amines) is 1. The van der Waals surface area contributed by atoms with Crippen molar-refractivity contribution in [2.24, 2.45) is 11.8 Å². The van der Waals surface area contributed by atoms with Gasteiger partial charge in [-0.25, -0.2) is 0 Å². The third-order valence-corrected chi connectivity index (χ3v) is 4.80. The SMILES string of the molecule is O=C(c1cc(Cl)cc(Br)c1)N1CC2CCCC2C1. The first kappa shape index (κ1) is 12.5. The summed E-state index contributed by atoms with van der Waals surface area (Å²) >= 11 is 9.38. The van der Waals surface area contributed by atoms with Crippen LogP contribution in [0.2, 0.25) is 5.02 Å². The van der Waals surface area contributed by atoms with Crippen LogP contribution in [0.5, 0.6) is 0 Å². The fourth-order valence-electron chi connectivity index (χ4n) is 3.26. The maximum Gasteiger partial charge on any atom is 0.253 e. The monoisotopic (exact) mass is 327 g/mol. The largest absolute Gasteiger partial charge is 0.338 e. The van der Waals surface area contributed by atoms with Gasteiger partial charge in [-0.05, 0) is 42.9 Å². The Morgan fingerprint density at radius 3 is 2.50 bits per heavy atom. The molecule has 1 saturated heterocycles. The van der Waals surface area contributed by atoms with Crippen molar-refractivity contribution in [2.75, 3.05) is 13.1 Å². The highest BCUT2D eigenvalue weighted by molar-refractivity contribution is 9.10. The zero-order valence-corrected chi connectivity index (χ0v) is 12.4. The van der Waals surface area contributed by atoms with E-state index in [2.05, 4.69) is 15.9 Å². The average molecular weight is 329 g/mol. The van der Waals surface area contributed by atoms with Crippen LogP contribution < -0.4 is 0 Å². The number of rotatable bonds is 1. The lowest BCUT2D eigenvalue weighted by atomic mass is 10.0. The molecular weight excluding hydrogens is 314 g/mol. The number of carbonyl (C=O) groups is 1. The second kappa shape index (κ2) is 4.86. The van der Waals surface area contributed by atoms with Crippen LogP contribution in [0, 0.1) is 11.8 Å². The molecule has 1 saturated carbocycles. The van der Waals surface area contributed by atoms with Gasteiger partial charge < -0.3 is 4.90 Å². The molecule has 0 radical (unpaired) electrons. The van der Waals surface area contributed by atoms with Gasteiger partial charge in [0.15, 0.2) is 0 Å². The van der Waals surface area contributed by atoms with Crippen molar-refractivity contribution >= 4 is 33.4 Å². The number of halogens is 2. The van der Waals surface area contributed by atoms with Crippen LogP contribution in [0.4, 0.5) is 0 Å². The zero-order chi connectivity index (χ0) is 12.7. The van der Waals surface area contributed by atoms with Gasteiger partial charge >= 0.3 is 0 Å². The molecule has 18 heavy (non-hydrogen) atoms. The molecule has 1 heterocycles. The first-order valence-electron chi connectivity index (χ1n) is 6.39. The molecule has 1 amide bonds. The number of hydrogen-bond donors (Lipinski definition) is 0. The van der Waals surface area contributed by atoms with Crippen LogP contribution in [-0.2, 0) is 0 Å². The Morgan fingerprint density at radius 2 is 1.89 bits per heavy atom. The van der Waals surface area contributed by atoms with Crippen LogP contribution in [-0.4, -0.2) is 23.9 Å². The molecule has 2 unspecified atom stereocenters. The number of carbonyl (C=O) groups excluding carboxylic acids is 1. The smallest absolute Gasteiger partial charge is 0.253 e. The van der Waals surface area contributed by atoms with E-state index in [-0.39, 0.29) is 5.91 Å². The minimum absolute atomic E-state index is 0.118. The number of amides is 1. The quantitative estimate of drug-likeness (QED) is 0.764. The van der Waals surface area contributed by atoms with Gasteiger partial charge in [0, 0.05) is 28.1 Å². The second-order valence-electron chi connectivity index (χ2n) is 5.32. The number of fused-ring (bicyclic) bond motifs is 1. The Labute approximate surface area is 120 Å². The normalized spacial score (nSPS) is 26.4. The van der Waals surface area contributed by atoms with E-state index in [0.29, 0.717) is 10.6 Å². The predicted molar refractivity (Wildman–Crippen MR) is 75.9 cm³/mol. The summed E-state index contributed by atoms with van der Waals surface area (Å²) < 4.78 is 0.859. The van der Waals surface area contributed by atoms with Gasteiger partial charge in [-0.1, -0.05) is 34.0 Å². The Hall–Kier alpha value is -0.540. The van der Waals surface area contributed by atoms with E-state index >= 15 is 0 Å². The zero-order valence-electron chi connectivity index (χ0n) is 10.0. The molecule has 2 aliphatic rings. The average Bonchev–Trinajstić information content (AvgIpc) is 2.86. The Balaban J connectivity index is 1.78. The van der Waals surface area contributed by atoms with Gasteiger partial charge in [-0.2, -0.15) is 0 Å². The summed E-state index contributed by atoms with van der Waals surface area (Å²) in [5.74, 6) is 1.58. The molecule has 1 aliphatic carbocycles. The Bertz CT molecular complexity index is 458. The van der Waals surface area contributed by atoms with Crippen LogP contribution >= 0.6 is 27.5 Å². The fraction of sp³-hybridized carbons (Fsp3) is 0.500. The van der Waals surface area contributed by atoms with Crippen molar-refractivity contribution in [3.8, 4) is 0 Å². The van der Waals surface area contributed by atoms with Crippen molar-refractivity contribution in [1.82, 2.24) is 4.90 Å². The van der Waals surface area contributed by atoms with Crippen LogP contribution in [0.1, 0.15) is 29.6 Å². The Kier molecular flexibility index (Phi) is 3.37. The van der Waals surface area contributed by atoms with Crippen molar-refractivity contribution < 1.29 is 4.79 Å². The molecule has 96 valence electrons. The van der Waals surface area contributed by atoms with E-state index in [9.17, 15) is 4.79 Å². The van der Waals surface area contributed by atoms with E-state index in [0.717, 1.165) is 29.4 Å². The van der Waals surface area contributed by atoms with Gasteiger partial charge in [0.05, 0.1) is 0 Å². The summed E-state index contributed by atoms with van der Waals surface area (Å²) in [4.78, 5) is 14.4. The van der Waals surface area contributed by atoms with E-state index in [1.807, 2.05) is 11.0 Å². The topological polar surface area (TPSA) is 20.3 Å². The van der Waals surface area contributed by atoms with E-state index in [1.165, 1.54) is 19.3 Å². The van der Waals surface area contributed by atoms with Crippen molar-refractivity contribution in [2.45, 2.75) is 19.3 Å². The molecule has 1 aromatic carbocycles. The standard InChI is InChI=1S/C14H15BrClNO/c15-12-4-11(5-13(16)6-12)14(18)17-7-9-2-1-3-10(9)8-17/h4-6,9-10H,1-3,7-8H2. The summed E-state index contributed by atoms with van der Waals surface area (Å²) in [6.07, 6.45) is 3.90. The molecule has 2 nitrogen and oxygen atoms in total. The van der Waals surface area contributed by atoms with Gasteiger partial charge in [0.2, 0.25) is 0 Å². The van der Waals surface area contributed by atoms with Crippen LogP contribution in [0.3, 0.4) is 0 Å². The number of benzene rings is 1. The van der Waals surface area contributed by atoms with Crippen LogP contribution in [0.15, 0.2) is 22.7 Å². The maximum atomic E-state index is 12.4. The van der Waals surface area contributed by atoms with Crippen molar-refractivity contribution in [3.05, 3.63) is 33.3 Å². The van der Waals surface area contributed by atoms with E-state index in [1.54, 1.807) is 12.1 Å². The Morgan fingerprint density at radius 1 is 1.22 bits per heavy atom. The first-order valence-corrected chi connectivity index (χ1v) is 7.56.